The Hall–Kier alpha value is -1.00. The van der Waals surface area contributed by atoms with Gasteiger partial charge in [0.2, 0.25) is 5.91 Å². The van der Waals surface area contributed by atoms with Gasteiger partial charge in [0.25, 0.3) is 0 Å². The predicted molar refractivity (Wildman–Crippen MR) is 84.3 cm³/mol. The SMILES string of the molecule is CC1(C)Sc2ccccc2N(CC2CCCNC2)C1=O. The Morgan fingerprint density at radius 2 is 2.20 bits per heavy atom. The molecule has 1 N–H and O–H groups in total. The van der Waals surface area contributed by atoms with Crippen molar-refractivity contribution in [2.45, 2.75) is 36.3 Å². The highest BCUT2D eigenvalue weighted by Crippen LogP contribution is 2.45. The van der Waals surface area contributed by atoms with Gasteiger partial charge >= 0.3 is 0 Å². The summed E-state index contributed by atoms with van der Waals surface area (Å²) in [6.07, 6.45) is 2.43. The Bertz CT molecular complexity index is 509. The highest BCUT2D eigenvalue weighted by atomic mass is 32.2. The highest BCUT2D eigenvalue weighted by molar-refractivity contribution is 8.01. The molecule has 1 aromatic rings. The van der Waals surface area contributed by atoms with Gasteiger partial charge in [0, 0.05) is 11.4 Å². The summed E-state index contributed by atoms with van der Waals surface area (Å²) in [7, 11) is 0. The summed E-state index contributed by atoms with van der Waals surface area (Å²) < 4.78 is -0.365. The average Bonchev–Trinajstić information content (AvgIpc) is 2.44. The first-order chi connectivity index (χ1) is 9.58. The monoisotopic (exact) mass is 290 g/mol. The van der Waals surface area contributed by atoms with Crippen molar-refractivity contribution < 1.29 is 4.79 Å². The molecule has 0 bridgehead atoms. The maximum atomic E-state index is 12.8. The lowest BCUT2D eigenvalue weighted by atomic mass is 9.98. The van der Waals surface area contributed by atoms with Gasteiger partial charge < -0.3 is 10.2 Å². The maximum Gasteiger partial charge on any atom is 0.243 e. The molecule has 1 fully saturated rings. The summed E-state index contributed by atoms with van der Waals surface area (Å²) in [4.78, 5) is 16.0. The molecule has 1 aromatic carbocycles. The zero-order valence-corrected chi connectivity index (χ0v) is 13.0. The largest absolute Gasteiger partial charge is 0.316 e. The third-order valence-corrected chi connectivity index (χ3v) is 5.37. The van der Waals surface area contributed by atoms with Crippen molar-refractivity contribution in [1.82, 2.24) is 5.32 Å². The lowest BCUT2D eigenvalue weighted by Crippen LogP contribution is -2.50. The van der Waals surface area contributed by atoms with Gasteiger partial charge in [-0.3, -0.25) is 4.79 Å². The number of para-hydroxylation sites is 1. The van der Waals surface area contributed by atoms with E-state index in [-0.39, 0.29) is 10.7 Å². The second kappa shape index (κ2) is 5.41. The summed E-state index contributed by atoms with van der Waals surface area (Å²) >= 11 is 1.68. The molecular weight excluding hydrogens is 268 g/mol. The van der Waals surface area contributed by atoms with Crippen LogP contribution in [0.25, 0.3) is 0 Å². The first-order valence-corrected chi connectivity index (χ1v) is 8.20. The van der Waals surface area contributed by atoms with E-state index in [0.29, 0.717) is 5.92 Å². The number of benzene rings is 1. The van der Waals surface area contributed by atoms with Crippen LogP contribution >= 0.6 is 11.8 Å². The van der Waals surface area contributed by atoms with E-state index in [9.17, 15) is 4.79 Å². The summed E-state index contributed by atoms with van der Waals surface area (Å²) in [5, 5.41) is 3.44. The van der Waals surface area contributed by atoms with Crippen LogP contribution in [0.2, 0.25) is 0 Å². The van der Waals surface area contributed by atoms with E-state index >= 15 is 0 Å². The first-order valence-electron chi connectivity index (χ1n) is 7.39. The van der Waals surface area contributed by atoms with Crippen molar-refractivity contribution >= 4 is 23.4 Å². The van der Waals surface area contributed by atoms with Gasteiger partial charge in [-0.15, -0.1) is 11.8 Å². The van der Waals surface area contributed by atoms with Crippen LogP contribution in [-0.4, -0.2) is 30.3 Å². The topological polar surface area (TPSA) is 32.3 Å². The molecule has 1 saturated heterocycles. The lowest BCUT2D eigenvalue weighted by Gasteiger charge is -2.40. The van der Waals surface area contributed by atoms with Crippen LogP contribution in [-0.2, 0) is 4.79 Å². The molecule has 1 atom stereocenters. The standard InChI is InChI=1S/C16H22N2OS/c1-16(2)15(19)18(11-12-6-5-9-17-10-12)13-7-3-4-8-14(13)20-16/h3-4,7-8,12,17H,5-6,9-11H2,1-2H3. The van der Waals surface area contributed by atoms with E-state index in [1.807, 2.05) is 24.8 Å². The van der Waals surface area contributed by atoms with Crippen molar-refractivity contribution in [3.05, 3.63) is 24.3 Å². The molecule has 20 heavy (non-hydrogen) atoms. The zero-order valence-electron chi connectivity index (χ0n) is 12.2. The fourth-order valence-corrected chi connectivity index (χ4v) is 4.22. The highest BCUT2D eigenvalue weighted by Gasteiger charge is 2.40. The Morgan fingerprint density at radius 3 is 2.95 bits per heavy atom. The van der Waals surface area contributed by atoms with Crippen molar-refractivity contribution in [2.24, 2.45) is 5.92 Å². The van der Waals surface area contributed by atoms with Crippen molar-refractivity contribution in [3.63, 3.8) is 0 Å². The van der Waals surface area contributed by atoms with E-state index in [1.54, 1.807) is 11.8 Å². The summed E-state index contributed by atoms with van der Waals surface area (Å²) in [6, 6.07) is 8.28. The van der Waals surface area contributed by atoms with Crippen LogP contribution < -0.4 is 10.2 Å². The van der Waals surface area contributed by atoms with Crippen LogP contribution in [0.3, 0.4) is 0 Å². The molecule has 2 heterocycles. The van der Waals surface area contributed by atoms with Crippen LogP contribution in [0.5, 0.6) is 0 Å². The molecular formula is C16H22N2OS. The summed E-state index contributed by atoms with van der Waals surface area (Å²) in [5.41, 5.74) is 1.09. The van der Waals surface area contributed by atoms with E-state index in [4.69, 9.17) is 0 Å². The molecule has 3 nitrogen and oxygen atoms in total. The molecule has 0 saturated carbocycles. The third kappa shape index (κ3) is 2.59. The lowest BCUT2D eigenvalue weighted by molar-refractivity contribution is -0.120. The van der Waals surface area contributed by atoms with Gasteiger partial charge in [0.05, 0.1) is 10.4 Å². The predicted octanol–water partition coefficient (Wildman–Crippen LogP) is 2.90. The van der Waals surface area contributed by atoms with E-state index < -0.39 is 0 Å². The number of hydrogen-bond donors (Lipinski definition) is 1. The second-order valence-corrected chi connectivity index (χ2v) is 7.87. The number of amides is 1. The van der Waals surface area contributed by atoms with E-state index in [1.165, 1.54) is 17.7 Å². The number of fused-ring (bicyclic) bond motifs is 1. The summed E-state index contributed by atoms with van der Waals surface area (Å²) in [6.45, 7) is 7.04. The molecule has 2 aliphatic rings. The van der Waals surface area contributed by atoms with Gasteiger partial charge in [-0.2, -0.15) is 0 Å². The van der Waals surface area contributed by atoms with E-state index in [0.717, 1.165) is 25.3 Å². The maximum absolute atomic E-state index is 12.8. The number of carbonyl (C=O) groups excluding carboxylic acids is 1. The number of thioether (sulfide) groups is 1. The number of nitrogens with zero attached hydrogens (tertiary/aromatic N) is 1. The number of anilines is 1. The Morgan fingerprint density at radius 1 is 1.40 bits per heavy atom. The molecule has 0 spiro atoms. The second-order valence-electron chi connectivity index (χ2n) is 6.21. The van der Waals surface area contributed by atoms with Gasteiger partial charge in [-0.25, -0.2) is 0 Å². The Kier molecular flexibility index (Phi) is 3.78. The number of nitrogens with one attached hydrogen (secondary N) is 1. The molecule has 108 valence electrons. The minimum absolute atomic E-state index is 0.242. The number of piperidine rings is 1. The number of carbonyl (C=O) groups is 1. The van der Waals surface area contributed by atoms with Crippen molar-refractivity contribution in [3.8, 4) is 0 Å². The van der Waals surface area contributed by atoms with Crippen molar-refractivity contribution in [1.29, 1.82) is 0 Å². The Labute approximate surface area is 125 Å². The molecule has 0 radical (unpaired) electrons. The smallest absolute Gasteiger partial charge is 0.243 e. The number of hydrogen-bond acceptors (Lipinski definition) is 3. The molecule has 2 aliphatic heterocycles. The molecule has 1 amide bonds. The molecule has 1 unspecified atom stereocenters. The normalized spacial score (nSPS) is 25.4. The first kappa shape index (κ1) is 14.0. The van der Waals surface area contributed by atoms with Gasteiger partial charge in [0.15, 0.2) is 0 Å². The van der Waals surface area contributed by atoms with Crippen LogP contribution in [0.1, 0.15) is 26.7 Å². The van der Waals surface area contributed by atoms with Crippen LogP contribution in [0.4, 0.5) is 5.69 Å². The number of rotatable bonds is 2. The van der Waals surface area contributed by atoms with E-state index in [2.05, 4.69) is 23.5 Å². The van der Waals surface area contributed by atoms with Crippen LogP contribution in [0, 0.1) is 5.92 Å². The molecule has 4 heteroatoms. The fraction of sp³-hybridized carbons (Fsp3) is 0.562. The Balaban J connectivity index is 1.88. The van der Waals surface area contributed by atoms with Gasteiger partial charge in [0.1, 0.15) is 0 Å². The zero-order chi connectivity index (χ0) is 14.2. The minimum Gasteiger partial charge on any atom is -0.316 e. The molecule has 0 aliphatic carbocycles. The average molecular weight is 290 g/mol. The van der Waals surface area contributed by atoms with Gasteiger partial charge in [-0.1, -0.05) is 12.1 Å². The van der Waals surface area contributed by atoms with Gasteiger partial charge in [-0.05, 0) is 57.8 Å². The fourth-order valence-electron chi connectivity index (χ4n) is 3.04. The molecule has 0 aromatic heterocycles. The quantitative estimate of drug-likeness (QED) is 0.909. The van der Waals surface area contributed by atoms with Crippen LogP contribution in [0.15, 0.2) is 29.2 Å². The minimum atomic E-state index is -0.365. The molecule has 3 rings (SSSR count). The summed E-state index contributed by atoms with van der Waals surface area (Å²) in [5.74, 6) is 0.812. The third-order valence-electron chi connectivity index (χ3n) is 4.12. The van der Waals surface area contributed by atoms with Crippen molar-refractivity contribution in [2.75, 3.05) is 24.5 Å².